The fourth-order valence-electron chi connectivity index (χ4n) is 2.14. The van der Waals surface area contributed by atoms with Crippen molar-refractivity contribution in [2.45, 2.75) is 12.6 Å². The summed E-state index contributed by atoms with van der Waals surface area (Å²) < 4.78 is 5.28. The molecule has 1 N–H and O–H groups in total. The van der Waals surface area contributed by atoms with Crippen molar-refractivity contribution < 1.29 is 9.21 Å². The molecule has 0 saturated carbocycles. The first-order chi connectivity index (χ1) is 8.20. The lowest BCUT2D eigenvalue weighted by molar-refractivity contribution is -0.138. The average molecular weight is 237 g/mol. The van der Waals surface area contributed by atoms with Crippen LogP contribution < -0.4 is 5.32 Å². The lowest BCUT2D eigenvalue weighted by Gasteiger charge is -2.38. The van der Waals surface area contributed by atoms with Crippen molar-refractivity contribution >= 4 is 5.91 Å². The van der Waals surface area contributed by atoms with E-state index in [4.69, 9.17) is 4.42 Å². The van der Waals surface area contributed by atoms with Gasteiger partial charge in [0.05, 0.1) is 19.4 Å². The Morgan fingerprint density at radius 3 is 3.06 bits per heavy atom. The molecule has 94 valence electrons. The summed E-state index contributed by atoms with van der Waals surface area (Å²) in [6.07, 6.45) is 1.64. The molecule has 1 aromatic heterocycles. The van der Waals surface area contributed by atoms with Crippen LogP contribution in [0.2, 0.25) is 0 Å². The van der Waals surface area contributed by atoms with Gasteiger partial charge in [0.1, 0.15) is 5.76 Å². The molecule has 1 aliphatic rings. The molecule has 1 amide bonds. The molecule has 0 aliphatic carbocycles. The van der Waals surface area contributed by atoms with Crippen molar-refractivity contribution in [1.29, 1.82) is 0 Å². The highest BCUT2D eigenvalue weighted by atomic mass is 16.3. The number of nitrogens with zero attached hydrogens (tertiary/aromatic N) is 2. The first kappa shape index (κ1) is 12.1. The summed E-state index contributed by atoms with van der Waals surface area (Å²) in [5.74, 6) is 1.00. The standard InChI is InChI=1S/C12H19N3O2/c1-13-6-10-7-15(12(16)9-14(10)2)8-11-4-3-5-17-11/h3-5,10,13H,6-9H2,1-2H3. The third-order valence-corrected chi connectivity index (χ3v) is 3.16. The number of amides is 1. The van der Waals surface area contributed by atoms with Crippen molar-refractivity contribution in [1.82, 2.24) is 15.1 Å². The second-order valence-corrected chi connectivity index (χ2v) is 4.48. The molecule has 2 heterocycles. The van der Waals surface area contributed by atoms with E-state index in [0.717, 1.165) is 18.8 Å². The minimum absolute atomic E-state index is 0.163. The summed E-state index contributed by atoms with van der Waals surface area (Å²) in [6.45, 7) is 2.68. The Bertz CT molecular complexity index is 364. The molecule has 0 aromatic carbocycles. The number of rotatable bonds is 4. The van der Waals surface area contributed by atoms with E-state index in [1.165, 1.54) is 0 Å². The van der Waals surface area contributed by atoms with Crippen LogP contribution in [0.3, 0.4) is 0 Å². The van der Waals surface area contributed by atoms with Gasteiger partial charge in [-0.3, -0.25) is 9.69 Å². The SMILES string of the molecule is CNCC1CN(Cc2ccco2)C(=O)CN1C. The monoisotopic (exact) mass is 237 g/mol. The molecular weight excluding hydrogens is 218 g/mol. The van der Waals surface area contributed by atoms with Crippen LogP contribution in [-0.2, 0) is 11.3 Å². The minimum Gasteiger partial charge on any atom is -0.467 e. The molecule has 0 spiro atoms. The zero-order chi connectivity index (χ0) is 12.3. The first-order valence-electron chi connectivity index (χ1n) is 5.85. The van der Waals surface area contributed by atoms with Gasteiger partial charge in [0.2, 0.25) is 5.91 Å². The number of nitrogens with one attached hydrogen (secondary N) is 1. The number of hydrogen-bond acceptors (Lipinski definition) is 4. The summed E-state index contributed by atoms with van der Waals surface area (Å²) in [7, 11) is 3.92. The number of hydrogen-bond donors (Lipinski definition) is 1. The number of furan rings is 1. The van der Waals surface area contributed by atoms with Crippen LogP contribution in [0, 0.1) is 0 Å². The van der Waals surface area contributed by atoms with Gasteiger partial charge < -0.3 is 14.6 Å². The van der Waals surface area contributed by atoms with E-state index in [9.17, 15) is 4.79 Å². The van der Waals surface area contributed by atoms with Crippen LogP contribution in [-0.4, -0.2) is 55.5 Å². The van der Waals surface area contributed by atoms with Gasteiger partial charge in [0, 0.05) is 19.1 Å². The van der Waals surface area contributed by atoms with Crippen molar-refractivity contribution in [3.63, 3.8) is 0 Å². The summed E-state index contributed by atoms with van der Waals surface area (Å²) >= 11 is 0. The van der Waals surface area contributed by atoms with Gasteiger partial charge in [-0.25, -0.2) is 0 Å². The van der Waals surface area contributed by atoms with Gasteiger partial charge in [-0.1, -0.05) is 0 Å². The van der Waals surface area contributed by atoms with E-state index < -0.39 is 0 Å². The molecule has 1 aromatic rings. The predicted octanol–water partition coefficient (Wildman–Crippen LogP) is 0.142. The van der Waals surface area contributed by atoms with E-state index >= 15 is 0 Å². The zero-order valence-electron chi connectivity index (χ0n) is 10.3. The molecule has 1 saturated heterocycles. The summed E-state index contributed by atoms with van der Waals surface area (Å²) in [6, 6.07) is 4.12. The Morgan fingerprint density at radius 2 is 2.41 bits per heavy atom. The van der Waals surface area contributed by atoms with E-state index in [1.807, 2.05) is 31.1 Å². The maximum atomic E-state index is 11.9. The predicted molar refractivity (Wildman–Crippen MR) is 64.5 cm³/mol. The molecule has 2 rings (SSSR count). The van der Waals surface area contributed by atoms with Gasteiger partial charge >= 0.3 is 0 Å². The Morgan fingerprint density at radius 1 is 1.59 bits per heavy atom. The number of carbonyl (C=O) groups is 1. The lowest BCUT2D eigenvalue weighted by atomic mass is 10.1. The summed E-state index contributed by atoms with van der Waals surface area (Å²) in [4.78, 5) is 15.9. The van der Waals surface area contributed by atoms with Gasteiger partial charge in [0.15, 0.2) is 0 Å². The quantitative estimate of drug-likeness (QED) is 0.809. The molecule has 5 heteroatoms. The van der Waals surface area contributed by atoms with Gasteiger partial charge in [-0.05, 0) is 26.2 Å². The number of piperazine rings is 1. The molecule has 0 radical (unpaired) electrons. The van der Waals surface area contributed by atoms with Crippen LogP contribution in [0.1, 0.15) is 5.76 Å². The van der Waals surface area contributed by atoms with Crippen molar-refractivity contribution in [2.24, 2.45) is 0 Å². The molecule has 1 atom stereocenters. The largest absolute Gasteiger partial charge is 0.467 e. The van der Waals surface area contributed by atoms with Gasteiger partial charge in [-0.15, -0.1) is 0 Å². The second kappa shape index (κ2) is 5.33. The van der Waals surface area contributed by atoms with Crippen LogP contribution in [0.4, 0.5) is 0 Å². The average Bonchev–Trinajstić information content (AvgIpc) is 2.78. The van der Waals surface area contributed by atoms with Crippen molar-refractivity contribution in [2.75, 3.05) is 33.7 Å². The maximum absolute atomic E-state index is 11.9. The van der Waals surface area contributed by atoms with E-state index in [2.05, 4.69) is 10.2 Å². The minimum atomic E-state index is 0.163. The van der Waals surface area contributed by atoms with Crippen molar-refractivity contribution in [3.8, 4) is 0 Å². The van der Waals surface area contributed by atoms with E-state index in [1.54, 1.807) is 6.26 Å². The zero-order valence-corrected chi connectivity index (χ0v) is 10.3. The van der Waals surface area contributed by atoms with Gasteiger partial charge in [0.25, 0.3) is 0 Å². The second-order valence-electron chi connectivity index (χ2n) is 4.48. The Balaban J connectivity index is 1.99. The highest BCUT2D eigenvalue weighted by molar-refractivity contribution is 5.79. The van der Waals surface area contributed by atoms with E-state index in [0.29, 0.717) is 19.1 Å². The molecule has 1 fully saturated rings. The van der Waals surface area contributed by atoms with Gasteiger partial charge in [-0.2, -0.15) is 0 Å². The first-order valence-corrected chi connectivity index (χ1v) is 5.85. The Hall–Kier alpha value is -1.33. The third-order valence-electron chi connectivity index (χ3n) is 3.16. The van der Waals surface area contributed by atoms with Crippen molar-refractivity contribution in [3.05, 3.63) is 24.2 Å². The smallest absolute Gasteiger partial charge is 0.237 e. The van der Waals surface area contributed by atoms with Crippen LogP contribution in [0.25, 0.3) is 0 Å². The fourth-order valence-corrected chi connectivity index (χ4v) is 2.14. The third kappa shape index (κ3) is 2.87. The molecule has 1 aliphatic heterocycles. The van der Waals surface area contributed by atoms with E-state index in [-0.39, 0.29) is 5.91 Å². The Labute approximate surface area is 101 Å². The maximum Gasteiger partial charge on any atom is 0.237 e. The lowest BCUT2D eigenvalue weighted by Crippen LogP contribution is -2.56. The van der Waals surface area contributed by atoms with Crippen LogP contribution >= 0.6 is 0 Å². The van der Waals surface area contributed by atoms with Crippen LogP contribution in [0.15, 0.2) is 22.8 Å². The molecule has 5 nitrogen and oxygen atoms in total. The number of likely N-dealkylation sites (N-methyl/N-ethyl adjacent to an activating group) is 2. The number of carbonyl (C=O) groups excluding carboxylic acids is 1. The molecule has 0 bridgehead atoms. The fraction of sp³-hybridized carbons (Fsp3) is 0.583. The summed E-state index contributed by atoms with van der Waals surface area (Å²) in [5, 5.41) is 3.16. The molecule has 17 heavy (non-hydrogen) atoms. The molecular formula is C12H19N3O2. The summed E-state index contributed by atoms with van der Waals surface area (Å²) in [5.41, 5.74) is 0. The Kier molecular flexibility index (Phi) is 3.81. The normalized spacial score (nSPS) is 22.1. The molecule has 1 unspecified atom stereocenters. The highest BCUT2D eigenvalue weighted by Crippen LogP contribution is 2.12. The van der Waals surface area contributed by atoms with Crippen LogP contribution in [0.5, 0.6) is 0 Å². The highest BCUT2D eigenvalue weighted by Gasteiger charge is 2.29. The topological polar surface area (TPSA) is 48.7 Å².